The summed E-state index contributed by atoms with van der Waals surface area (Å²) in [4.78, 5) is 52.6. The van der Waals surface area contributed by atoms with E-state index in [1.54, 1.807) is 68.0 Å². The third-order valence-corrected chi connectivity index (χ3v) is 6.35. The Hall–Kier alpha value is -4.54. The Kier molecular flexibility index (Phi) is 5.12. The molecule has 2 aromatic carbocycles. The van der Waals surface area contributed by atoms with Crippen LogP contribution < -0.4 is 25.7 Å². The van der Waals surface area contributed by atoms with Crippen LogP contribution in [0.2, 0.25) is 0 Å². The van der Waals surface area contributed by atoms with Crippen molar-refractivity contribution in [2.24, 2.45) is 7.05 Å². The normalized spacial score (nSPS) is 18.7. The molecule has 0 radical (unpaired) electrons. The summed E-state index contributed by atoms with van der Waals surface area (Å²) >= 11 is 0. The molecule has 5 rings (SSSR count). The van der Waals surface area contributed by atoms with Crippen LogP contribution in [0.5, 0.6) is 11.5 Å². The second-order valence-electron chi connectivity index (χ2n) is 8.50. The highest BCUT2D eigenvalue weighted by molar-refractivity contribution is 6.10. The molecule has 180 valence electrons. The number of ether oxygens (including phenoxy) is 2. The summed E-state index contributed by atoms with van der Waals surface area (Å²) in [5.41, 5.74) is -0.0838. The maximum atomic E-state index is 13.2. The first-order valence-corrected chi connectivity index (χ1v) is 10.9. The summed E-state index contributed by atoms with van der Waals surface area (Å²) in [6.07, 6.45) is 0. The largest absolute Gasteiger partial charge is 0.454 e. The summed E-state index contributed by atoms with van der Waals surface area (Å²) in [5.74, 6) is -0.251. The van der Waals surface area contributed by atoms with E-state index >= 15 is 0 Å². The average molecular weight is 477 g/mol. The second kappa shape index (κ2) is 8.05. The van der Waals surface area contributed by atoms with Gasteiger partial charge in [-0.2, -0.15) is 0 Å². The van der Waals surface area contributed by atoms with Crippen LogP contribution in [-0.2, 0) is 22.2 Å². The van der Waals surface area contributed by atoms with Crippen molar-refractivity contribution in [2.75, 3.05) is 18.7 Å². The molecule has 0 saturated carbocycles. The molecule has 0 spiro atoms. The molecule has 3 heterocycles. The number of nitrogens with zero attached hydrogens (tertiary/aromatic N) is 3. The number of benzene rings is 2. The molecule has 1 saturated heterocycles. The van der Waals surface area contributed by atoms with Gasteiger partial charge in [0.05, 0.1) is 11.4 Å². The van der Waals surface area contributed by atoms with Crippen molar-refractivity contribution in [2.45, 2.75) is 19.4 Å². The Morgan fingerprint density at radius 3 is 2.54 bits per heavy atom. The summed E-state index contributed by atoms with van der Waals surface area (Å²) in [5, 5.41) is 5.23. The average Bonchev–Trinajstić information content (AvgIpc) is 3.46. The van der Waals surface area contributed by atoms with E-state index in [0.29, 0.717) is 28.4 Å². The molecule has 1 aromatic heterocycles. The predicted octanol–water partition coefficient (Wildman–Crippen LogP) is 1.62. The number of fused-ring (bicyclic) bond motifs is 1. The number of aromatic nitrogens is 2. The van der Waals surface area contributed by atoms with E-state index < -0.39 is 35.5 Å². The molecule has 2 N–H and O–H groups in total. The number of para-hydroxylation sites is 1. The van der Waals surface area contributed by atoms with Gasteiger partial charge in [0, 0.05) is 7.05 Å². The number of rotatable bonds is 5. The minimum absolute atomic E-state index is 0.0759. The van der Waals surface area contributed by atoms with E-state index in [4.69, 9.17) is 9.47 Å². The minimum Gasteiger partial charge on any atom is -0.454 e. The molecule has 2 aliphatic rings. The van der Waals surface area contributed by atoms with Crippen molar-refractivity contribution in [3.05, 3.63) is 70.1 Å². The Balaban J connectivity index is 1.36. The first-order chi connectivity index (χ1) is 16.7. The number of anilines is 1. The van der Waals surface area contributed by atoms with Crippen molar-refractivity contribution < 1.29 is 23.9 Å². The fraction of sp³-hybridized carbons (Fsp3) is 0.250. The van der Waals surface area contributed by atoms with E-state index in [1.807, 2.05) is 6.07 Å². The predicted molar refractivity (Wildman–Crippen MR) is 125 cm³/mol. The fourth-order valence-electron chi connectivity index (χ4n) is 4.28. The standard InChI is InChI=1S/C24H23N5O6/c1-14-20(21(31)29(27(14)3)16-7-5-4-6-8-16)25-19(30)12-28-22(32)24(2,26-23(28)33)15-9-10-17-18(11-15)35-13-34-17/h4-11H,12-13H2,1-3H3,(H,25,30)(H,26,33)/t24-/m1/s1. The van der Waals surface area contributed by atoms with Gasteiger partial charge >= 0.3 is 6.03 Å². The molecular weight excluding hydrogens is 454 g/mol. The highest BCUT2D eigenvalue weighted by Crippen LogP contribution is 2.37. The van der Waals surface area contributed by atoms with Gasteiger partial charge in [-0.15, -0.1) is 0 Å². The number of amides is 4. The maximum absolute atomic E-state index is 13.2. The lowest BCUT2D eigenvalue weighted by atomic mass is 9.91. The number of urea groups is 1. The van der Waals surface area contributed by atoms with Crippen LogP contribution in [0.3, 0.4) is 0 Å². The van der Waals surface area contributed by atoms with Crippen molar-refractivity contribution in [1.82, 2.24) is 19.6 Å². The van der Waals surface area contributed by atoms with Gasteiger partial charge in [0.15, 0.2) is 11.5 Å². The van der Waals surface area contributed by atoms with Gasteiger partial charge in [-0.25, -0.2) is 9.48 Å². The molecule has 35 heavy (non-hydrogen) atoms. The van der Waals surface area contributed by atoms with Gasteiger partial charge in [0.25, 0.3) is 11.5 Å². The summed E-state index contributed by atoms with van der Waals surface area (Å²) in [6.45, 7) is 2.78. The van der Waals surface area contributed by atoms with Crippen molar-refractivity contribution in [1.29, 1.82) is 0 Å². The van der Waals surface area contributed by atoms with Crippen LogP contribution in [0.4, 0.5) is 10.5 Å². The Bertz CT molecular complexity index is 1430. The van der Waals surface area contributed by atoms with Crippen LogP contribution in [0.15, 0.2) is 53.3 Å². The van der Waals surface area contributed by atoms with E-state index in [0.717, 1.165) is 4.90 Å². The van der Waals surface area contributed by atoms with Gasteiger partial charge in [0.1, 0.15) is 17.8 Å². The summed E-state index contributed by atoms with van der Waals surface area (Å²) in [6, 6.07) is 13.2. The number of carbonyl (C=O) groups is 3. The van der Waals surface area contributed by atoms with Crippen LogP contribution >= 0.6 is 0 Å². The zero-order chi connectivity index (χ0) is 24.9. The molecular formula is C24H23N5O6. The molecule has 11 nitrogen and oxygen atoms in total. The maximum Gasteiger partial charge on any atom is 0.325 e. The summed E-state index contributed by atoms with van der Waals surface area (Å²) in [7, 11) is 1.70. The van der Waals surface area contributed by atoms with E-state index in [9.17, 15) is 19.2 Å². The Morgan fingerprint density at radius 1 is 1.09 bits per heavy atom. The van der Waals surface area contributed by atoms with Crippen molar-refractivity contribution in [3.8, 4) is 17.2 Å². The SMILES string of the molecule is Cc1c(NC(=O)CN2C(=O)N[C@](C)(c3ccc4c(c3)OCO4)C2=O)c(=O)n(-c2ccccc2)n1C. The highest BCUT2D eigenvalue weighted by Gasteiger charge is 2.50. The molecule has 11 heteroatoms. The number of nitrogens with one attached hydrogen (secondary N) is 2. The Morgan fingerprint density at radius 2 is 1.80 bits per heavy atom. The van der Waals surface area contributed by atoms with Crippen molar-refractivity contribution in [3.63, 3.8) is 0 Å². The number of hydrogen-bond donors (Lipinski definition) is 2. The van der Waals surface area contributed by atoms with Crippen LogP contribution in [0.25, 0.3) is 5.69 Å². The van der Waals surface area contributed by atoms with E-state index in [1.165, 1.54) is 4.68 Å². The van der Waals surface area contributed by atoms with Gasteiger partial charge in [-0.05, 0) is 43.7 Å². The lowest BCUT2D eigenvalue weighted by Gasteiger charge is -2.22. The van der Waals surface area contributed by atoms with Crippen LogP contribution in [0, 0.1) is 6.92 Å². The van der Waals surface area contributed by atoms with Crippen LogP contribution in [0.1, 0.15) is 18.2 Å². The van der Waals surface area contributed by atoms with E-state index in [-0.39, 0.29) is 12.5 Å². The molecule has 0 unspecified atom stereocenters. The molecule has 4 amide bonds. The molecule has 1 atom stereocenters. The number of hydrogen-bond acceptors (Lipinski definition) is 6. The highest BCUT2D eigenvalue weighted by atomic mass is 16.7. The topological polar surface area (TPSA) is 124 Å². The minimum atomic E-state index is -1.39. The first kappa shape index (κ1) is 22.3. The lowest BCUT2D eigenvalue weighted by Crippen LogP contribution is -2.42. The van der Waals surface area contributed by atoms with Crippen molar-refractivity contribution >= 4 is 23.5 Å². The Labute approximate surface area is 199 Å². The number of imide groups is 1. The second-order valence-corrected chi connectivity index (χ2v) is 8.50. The molecule has 0 bridgehead atoms. The van der Waals surface area contributed by atoms with Gasteiger partial charge < -0.3 is 20.1 Å². The zero-order valence-corrected chi connectivity index (χ0v) is 19.3. The zero-order valence-electron chi connectivity index (χ0n) is 19.3. The smallest absolute Gasteiger partial charge is 0.325 e. The first-order valence-electron chi connectivity index (χ1n) is 10.9. The third-order valence-electron chi connectivity index (χ3n) is 6.35. The van der Waals surface area contributed by atoms with Crippen LogP contribution in [-0.4, -0.2) is 45.4 Å². The quantitative estimate of drug-likeness (QED) is 0.539. The monoisotopic (exact) mass is 477 g/mol. The van der Waals surface area contributed by atoms with Gasteiger partial charge in [-0.3, -0.25) is 24.0 Å². The van der Waals surface area contributed by atoms with Gasteiger partial charge in [0.2, 0.25) is 12.7 Å². The molecule has 0 aliphatic carbocycles. The molecule has 2 aliphatic heterocycles. The number of carbonyl (C=O) groups excluding carboxylic acids is 3. The third kappa shape index (κ3) is 3.52. The lowest BCUT2D eigenvalue weighted by molar-refractivity contribution is -0.133. The fourth-order valence-corrected chi connectivity index (χ4v) is 4.28. The molecule has 3 aromatic rings. The summed E-state index contributed by atoms with van der Waals surface area (Å²) < 4.78 is 13.7. The van der Waals surface area contributed by atoms with E-state index in [2.05, 4.69) is 10.6 Å². The van der Waals surface area contributed by atoms with Gasteiger partial charge in [-0.1, -0.05) is 24.3 Å². The molecule has 1 fully saturated rings.